The average Bonchev–Trinajstić information content (AvgIpc) is 2.86. The molecule has 0 amide bonds. The number of aromatic nitrogens is 1. The van der Waals surface area contributed by atoms with Crippen molar-refractivity contribution in [3.8, 4) is 0 Å². The Kier molecular flexibility index (Phi) is 3.44. The first-order chi connectivity index (χ1) is 7.72. The number of rotatable bonds is 4. The fourth-order valence-corrected chi connectivity index (χ4v) is 2.58. The van der Waals surface area contributed by atoms with Gasteiger partial charge in [0.15, 0.2) is 5.78 Å². The molecule has 0 aliphatic carbocycles. The van der Waals surface area contributed by atoms with Gasteiger partial charge in [-0.15, -0.1) is 0 Å². The van der Waals surface area contributed by atoms with Crippen LogP contribution in [-0.4, -0.2) is 34.4 Å². The summed E-state index contributed by atoms with van der Waals surface area (Å²) in [5.74, 6) is 0.243. The smallest absolute Gasteiger partial charge is 0.193 e. The second-order valence-electron chi connectivity index (χ2n) is 4.60. The molecule has 16 heavy (non-hydrogen) atoms. The van der Waals surface area contributed by atoms with Gasteiger partial charge in [-0.1, -0.05) is 6.92 Å². The molecule has 1 atom stereocenters. The van der Waals surface area contributed by atoms with E-state index in [1.165, 1.54) is 12.8 Å². The lowest BCUT2D eigenvalue weighted by Gasteiger charge is -2.22. The van der Waals surface area contributed by atoms with Gasteiger partial charge >= 0.3 is 0 Å². The Bertz CT molecular complexity index is 370. The van der Waals surface area contributed by atoms with Crippen molar-refractivity contribution < 1.29 is 4.79 Å². The Morgan fingerprint density at radius 3 is 3.00 bits per heavy atom. The molecule has 3 heteroatoms. The zero-order valence-corrected chi connectivity index (χ0v) is 10.1. The second-order valence-corrected chi connectivity index (χ2v) is 4.60. The number of carbonyl (C=O) groups is 1. The third-order valence-corrected chi connectivity index (χ3v) is 3.55. The van der Waals surface area contributed by atoms with E-state index in [0.29, 0.717) is 12.6 Å². The summed E-state index contributed by atoms with van der Waals surface area (Å²) in [6, 6.07) is 4.44. The van der Waals surface area contributed by atoms with E-state index >= 15 is 0 Å². The number of Topliss-reactive ketones (excluding diaryl/α,β-unsaturated/α-hetero) is 1. The largest absolute Gasteiger partial charge is 0.348 e. The van der Waals surface area contributed by atoms with Gasteiger partial charge in [0.25, 0.3) is 0 Å². The number of aryl methyl sites for hydroxylation is 1. The zero-order chi connectivity index (χ0) is 11.5. The molecular weight excluding hydrogens is 200 g/mol. The number of carbonyl (C=O) groups excluding carboxylic acids is 1. The van der Waals surface area contributed by atoms with Crippen LogP contribution in [0.15, 0.2) is 18.3 Å². The van der Waals surface area contributed by atoms with E-state index in [4.69, 9.17) is 0 Å². The van der Waals surface area contributed by atoms with Crippen LogP contribution >= 0.6 is 0 Å². The number of likely N-dealkylation sites (tertiary alicyclic amines) is 1. The Labute approximate surface area is 97.1 Å². The SMILES string of the molecule is CCC1CCCN1CC(=O)c1cccn1C. The molecular formula is C13H20N2O. The molecule has 0 spiro atoms. The molecule has 1 aliphatic rings. The minimum atomic E-state index is 0.243. The lowest BCUT2D eigenvalue weighted by Crippen LogP contribution is -2.34. The topological polar surface area (TPSA) is 25.2 Å². The molecule has 0 aromatic carbocycles. The van der Waals surface area contributed by atoms with E-state index < -0.39 is 0 Å². The number of hydrogen-bond donors (Lipinski definition) is 0. The maximum atomic E-state index is 12.1. The van der Waals surface area contributed by atoms with Gasteiger partial charge in [0.05, 0.1) is 12.2 Å². The fraction of sp³-hybridized carbons (Fsp3) is 0.615. The van der Waals surface area contributed by atoms with Crippen LogP contribution in [0.3, 0.4) is 0 Å². The van der Waals surface area contributed by atoms with E-state index in [1.807, 2.05) is 29.9 Å². The highest BCUT2D eigenvalue weighted by Gasteiger charge is 2.25. The van der Waals surface area contributed by atoms with Crippen molar-refractivity contribution in [1.29, 1.82) is 0 Å². The Morgan fingerprint density at radius 1 is 1.56 bits per heavy atom. The van der Waals surface area contributed by atoms with Crippen LogP contribution in [0.5, 0.6) is 0 Å². The zero-order valence-electron chi connectivity index (χ0n) is 10.1. The predicted octanol–water partition coefficient (Wildman–Crippen LogP) is 2.08. The summed E-state index contributed by atoms with van der Waals surface area (Å²) in [7, 11) is 1.93. The van der Waals surface area contributed by atoms with Crippen LogP contribution in [0.1, 0.15) is 36.7 Å². The Morgan fingerprint density at radius 2 is 2.38 bits per heavy atom. The summed E-state index contributed by atoms with van der Waals surface area (Å²) in [5, 5.41) is 0. The monoisotopic (exact) mass is 220 g/mol. The van der Waals surface area contributed by atoms with Gasteiger partial charge in [0.1, 0.15) is 0 Å². The molecule has 0 saturated carbocycles. The first-order valence-electron chi connectivity index (χ1n) is 6.11. The molecule has 1 saturated heterocycles. The summed E-state index contributed by atoms with van der Waals surface area (Å²) in [6.07, 6.45) is 5.56. The highest BCUT2D eigenvalue weighted by molar-refractivity contribution is 5.96. The number of hydrogen-bond acceptors (Lipinski definition) is 2. The van der Waals surface area contributed by atoms with Crippen LogP contribution in [0.2, 0.25) is 0 Å². The predicted molar refractivity (Wildman–Crippen MR) is 64.6 cm³/mol. The molecule has 1 aromatic heterocycles. The van der Waals surface area contributed by atoms with E-state index in [1.54, 1.807) is 0 Å². The average molecular weight is 220 g/mol. The summed E-state index contributed by atoms with van der Waals surface area (Å²) < 4.78 is 1.90. The molecule has 1 fully saturated rings. The number of nitrogens with zero attached hydrogens (tertiary/aromatic N) is 2. The van der Waals surface area contributed by atoms with Crippen molar-refractivity contribution >= 4 is 5.78 Å². The van der Waals surface area contributed by atoms with Crippen molar-refractivity contribution in [3.05, 3.63) is 24.0 Å². The van der Waals surface area contributed by atoms with E-state index in [2.05, 4.69) is 11.8 Å². The quantitative estimate of drug-likeness (QED) is 0.726. The normalized spacial score (nSPS) is 21.5. The minimum absolute atomic E-state index is 0.243. The Balaban J connectivity index is 2.00. The molecule has 1 aliphatic heterocycles. The maximum absolute atomic E-state index is 12.1. The third-order valence-electron chi connectivity index (χ3n) is 3.55. The fourth-order valence-electron chi connectivity index (χ4n) is 2.58. The van der Waals surface area contributed by atoms with Gasteiger partial charge in [0, 0.05) is 19.3 Å². The molecule has 0 bridgehead atoms. The molecule has 2 rings (SSSR count). The van der Waals surface area contributed by atoms with Gasteiger partial charge in [0.2, 0.25) is 0 Å². The highest BCUT2D eigenvalue weighted by atomic mass is 16.1. The minimum Gasteiger partial charge on any atom is -0.348 e. The van der Waals surface area contributed by atoms with E-state index in [0.717, 1.165) is 18.7 Å². The summed E-state index contributed by atoms with van der Waals surface area (Å²) in [4.78, 5) is 14.4. The summed E-state index contributed by atoms with van der Waals surface area (Å²) in [6.45, 7) is 3.86. The van der Waals surface area contributed by atoms with Gasteiger partial charge in [-0.2, -0.15) is 0 Å². The maximum Gasteiger partial charge on any atom is 0.193 e. The second kappa shape index (κ2) is 4.83. The van der Waals surface area contributed by atoms with E-state index in [9.17, 15) is 4.79 Å². The van der Waals surface area contributed by atoms with Gasteiger partial charge < -0.3 is 4.57 Å². The van der Waals surface area contributed by atoms with Crippen LogP contribution in [0, 0.1) is 0 Å². The van der Waals surface area contributed by atoms with Crippen LogP contribution in [-0.2, 0) is 7.05 Å². The summed E-state index contributed by atoms with van der Waals surface area (Å²) in [5.41, 5.74) is 0.821. The standard InChI is InChI=1S/C13H20N2O/c1-3-11-6-4-9-15(11)10-13(16)12-7-5-8-14(12)2/h5,7-8,11H,3-4,6,9-10H2,1-2H3. The molecule has 88 valence electrons. The molecule has 3 nitrogen and oxygen atoms in total. The van der Waals surface area contributed by atoms with Crippen molar-refractivity contribution in [2.45, 2.75) is 32.2 Å². The highest BCUT2D eigenvalue weighted by Crippen LogP contribution is 2.19. The van der Waals surface area contributed by atoms with Crippen LogP contribution in [0.25, 0.3) is 0 Å². The van der Waals surface area contributed by atoms with Crippen molar-refractivity contribution in [2.75, 3.05) is 13.1 Å². The molecule has 1 aromatic rings. The van der Waals surface area contributed by atoms with Crippen LogP contribution < -0.4 is 0 Å². The van der Waals surface area contributed by atoms with Gasteiger partial charge in [-0.25, -0.2) is 0 Å². The van der Waals surface area contributed by atoms with Crippen molar-refractivity contribution in [2.24, 2.45) is 7.05 Å². The molecule has 0 radical (unpaired) electrons. The Hall–Kier alpha value is -1.09. The number of ketones is 1. The van der Waals surface area contributed by atoms with Crippen molar-refractivity contribution in [1.82, 2.24) is 9.47 Å². The van der Waals surface area contributed by atoms with Crippen LogP contribution in [0.4, 0.5) is 0 Å². The lowest BCUT2D eigenvalue weighted by atomic mass is 10.1. The molecule has 1 unspecified atom stereocenters. The molecule has 2 heterocycles. The first-order valence-corrected chi connectivity index (χ1v) is 6.11. The third kappa shape index (κ3) is 2.19. The lowest BCUT2D eigenvalue weighted by molar-refractivity contribution is 0.0912. The first kappa shape index (κ1) is 11.4. The van der Waals surface area contributed by atoms with E-state index in [-0.39, 0.29) is 5.78 Å². The summed E-state index contributed by atoms with van der Waals surface area (Å²) >= 11 is 0. The van der Waals surface area contributed by atoms with Gasteiger partial charge in [-0.05, 0) is 37.9 Å². The van der Waals surface area contributed by atoms with Crippen molar-refractivity contribution in [3.63, 3.8) is 0 Å². The molecule has 0 N–H and O–H groups in total. The van der Waals surface area contributed by atoms with Gasteiger partial charge in [-0.3, -0.25) is 9.69 Å².